The SMILES string of the molecule is CC(=O)c1ccc(C#N)cc1NC(C)CO. The van der Waals surface area contributed by atoms with Crippen LogP contribution in [0.4, 0.5) is 5.69 Å². The first-order valence-corrected chi connectivity index (χ1v) is 5.01. The molecule has 1 unspecified atom stereocenters. The fourth-order valence-electron chi connectivity index (χ4n) is 1.35. The second kappa shape index (κ2) is 5.29. The number of benzene rings is 1. The van der Waals surface area contributed by atoms with Gasteiger partial charge in [-0.05, 0) is 32.0 Å². The molecule has 0 bridgehead atoms. The summed E-state index contributed by atoms with van der Waals surface area (Å²) in [5.74, 6) is -0.0721. The van der Waals surface area contributed by atoms with Crippen LogP contribution >= 0.6 is 0 Å². The third-order valence-corrected chi connectivity index (χ3v) is 2.20. The lowest BCUT2D eigenvalue weighted by atomic mass is 10.1. The first-order chi connectivity index (χ1) is 7.58. The molecule has 0 saturated carbocycles. The highest BCUT2D eigenvalue weighted by atomic mass is 16.3. The fourth-order valence-corrected chi connectivity index (χ4v) is 1.35. The molecule has 0 aliphatic rings. The molecule has 1 atom stereocenters. The Kier molecular flexibility index (Phi) is 4.03. The molecule has 1 rings (SSSR count). The molecule has 0 amide bonds. The number of carbonyl (C=O) groups excluding carboxylic acids is 1. The van der Waals surface area contributed by atoms with E-state index >= 15 is 0 Å². The highest BCUT2D eigenvalue weighted by molar-refractivity contribution is 5.99. The minimum absolute atomic E-state index is 0.0336. The molecule has 16 heavy (non-hydrogen) atoms. The number of nitrogens with one attached hydrogen (secondary N) is 1. The van der Waals surface area contributed by atoms with E-state index in [1.165, 1.54) is 6.92 Å². The van der Waals surface area contributed by atoms with Gasteiger partial charge in [-0.2, -0.15) is 5.26 Å². The number of aliphatic hydroxyl groups excluding tert-OH is 1. The Morgan fingerprint density at radius 3 is 2.81 bits per heavy atom. The Morgan fingerprint density at radius 2 is 2.31 bits per heavy atom. The van der Waals surface area contributed by atoms with Crippen molar-refractivity contribution in [3.05, 3.63) is 29.3 Å². The fraction of sp³-hybridized carbons (Fsp3) is 0.333. The summed E-state index contributed by atoms with van der Waals surface area (Å²) in [6.45, 7) is 3.23. The monoisotopic (exact) mass is 218 g/mol. The molecule has 0 aromatic heterocycles. The second-order valence-electron chi connectivity index (χ2n) is 3.66. The summed E-state index contributed by atoms with van der Waals surface area (Å²) in [5, 5.41) is 20.7. The first kappa shape index (κ1) is 12.2. The smallest absolute Gasteiger partial charge is 0.161 e. The number of aliphatic hydroxyl groups is 1. The number of hydrogen-bond acceptors (Lipinski definition) is 4. The zero-order chi connectivity index (χ0) is 12.1. The van der Waals surface area contributed by atoms with Crippen LogP contribution in [-0.2, 0) is 0 Å². The molecule has 84 valence electrons. The Bertz CT molecular complexity index is 435. The van der Waals surface area contributed by atoms with Gasteiger partial charge in [0, 0.05) is 17.3 Å². The molecule has 0 heterocycles. The van der Waals surface area contributed by atoms with Crippen LogP contribution in [0.3, 0.4) is 0 Å². The van der Waals surface area contributed by atoms with E-state index in [4.69, 9.17) is 10.4 Å². The maximum atomic E-state index is 11.4. The average Bonchev–Trinajstić information content (AvgIpc) is 2.28. The molecule has 2 N–H and O–H groups in total. The lowest BCUT2D eigenvalue weighted by molar-refractivity contribution is 0.101. The summed E-state index contributed by atoms with van der Waals surface area (Å²) in [5.41, 5.74) is 1.60. The first-order valence-electron chi connectivity index (χ1n) is 5.01. The Hall–Kier alpha value is -1.86. The van der Waals surface area contributed by atoms with Crippen molar-refractivity contribution in [3.8, 4) is 6.07 Å². The maximum Gasteiger partial charge on any atom is 0.161 e. The summed E-state index contributed by atoms with van der Waals surface area (Å²) in [6.07, 6.45) is 0. The third-order valence-electron chi connectivity index (χ3n) is 2.20. The van der Waals surface area contributed by atoms with Gasteiger partial charge >= 0.3 is 0 Å². The number of anilines is 1. The van der Waals surface area contributed by atoms with Crippen molar-refractivity contribution in [3.63, 3.8) is 0 Å². The van der Waals surface area contributed by atoms with E-state index in [0.717, 1.165) is 0 Å². The van der Waals surface area contributed by atoms with Crippen LogP contribution in [0.5, 0.6) is 0 Å². The van der Waals surface area contributed by atoms with Crippen LogP contribution in [0, 0.1) is 11.3 Å². The molecule has 0 aliphatic heterocycles. The predicted molar refractivity (Wildman–Crippen MR) is 61.3 cm³/mol. The molecule has 4 nitrogen and oxygen atoms in total. The van der Waals surface area contributed by atoms with Crippen molar-refractivity contribution < 1.29 is 9.90 Å². The van der Waals surface area contributed by atoms with Crippen LogP contribution in [-0.4, -0.2) is 23.5 Å². The van der Waals surface area contributed by atoms with Crippen molar-refractivity contribution in [2.45, 2.75) is 19.9 Å². The molecule has 4 heteroatoms. The van der Waals surface area contributed by atoms with Gasteiger partial charge in [-0.25, -0.2) is 0 Å². The van der Waals surface area contributed by atoms with Gasteiger partial charge in [0.25, 0.3) is 0 Å². The van der Waals surface area contributed by atoms with E-state index in [1.54, 1.807) is 25.1 Å². The van der Waals surface area contributed by atoms with Crippen molar-refractivity contribution in [2.75, 3.05) is 11.9 Å². The van der Waals surface area contributed by atoms with Gasteiger partial charge in [0.2, 0.25) is 0 Å². The van der Waals surface area contributed by atoms with Gasteiger partial charge < -0.3 is 10.4 Å². The van der Waals surface area contributed by atoms with Gasteiger partial charge in [-0.3, -0.25) is 4.79 Å². The van der Waals surface area contributed by atoms with E-state index in [9.17, 15) is 4.79 Å². The number of hydrogen-bond donors (Lipinski definition) is 2. The van der Waals surface area contributed by atoms with E-state index in [1.807, 2.05) is 6.07 Å². The van der Waals surface area contributed by atoms with Crippen molar-refractivity contribution in [1.29, 1.82) is 5.26 Å². The number of ketones is 1. The zero-order valence-corrected chi connectivity index (χ0v) is 9.32. The van der Waals surface area contributed by atoms with Crippen molar-refractivity contribution in [2.24, 2.45) is 0 Å². The Labute approximate surface area is 94.5 Å². The maximum absolute atomic E-state index is 11.4. The Morgan fingerprint density at radius 1 is 1.62 bits per heavy atom. The van der Waals surface area contributed by atoms with Gasteiger partial charge in [-0.15, -0.1) is 0 Å². The molecule has 1 aromatic carbocycles. The molecular formula is C12H14N2O2. The number of nitrogens with zero attached hydrogens (tertiary/aromatic N) is 1. The predicted octanol–water partition coefficient (Wildman–Crippen LogP) is 1.55. The molecule has 0 saturated heterocycles. The summed E-state index contributed by atoms with van der Waals surface area (Å²) < 4.78 is 0. The average molecular weight is 218 g/mol. The second-order valence-corrected chi connectivity index (χ2v) is 3.66. The normalized spacial score (nSPS) is 11.6. The number of rotatable bonds is 4. The highest BCUT2D eigenvalue weighted by Gasteiger charge is 2.10. The summed E-state index contributed by atoms with van der Waals surface area (Å²) in [7, 11) is 0. The molecule has 0 spiro atoms. The third kappa shape index (κ3) is 2.81. The largest absolute Gasteiger partial charge is 0.394 e. The highest BCUT2D eigenvalue weighted by Crippen LogP contribution is 2.19. The van der Waals surface area contributed by atoms with E-state index in [0.29, 0.717) is 16.8 Å². The van der Waals surface area contributed by atoms with Gasteiger partial charge in [-0.1, -0.05) is 0 Å². The lowest BCUT2D eigenvalue weighted by Gasteiger charge is -2.15. The molecule has 0 fully saturated rings. The zero-order valence-electron chi connectivity index (χ0n) is 9.32. The van der Waals surface area contributed by atoms with Crippen molar-refractivity contribution in [1.82, 2.24) is 0 Å². The number of carbonyl (C=O) groups is 1. The van der Waals surface area contributed by atoms with Crippen LogP contribution in [0.1, 0.15) is 29.8 Å². The molecular weight excluding hydrogens is 204 g/mol. The topological polar surface area (TPSA) is 73.1 Å². The lowest BCUT2D eigenvalue weighted by Crippen LogP contribution is -2.20. The van der Waals surface area contributed by atoms with Crippen LogP contribution < -0.4 is 5.32 Å². The number of Topliss-reactive ketones (excluding diaryl/α,β-unsaturated/α-hetero) is 1. The quantitative estimate of drug-likeness (QED) is 0.752. The van der Waals surface area contributed by atoms with Crippen LogP contribution in [0.2, 0.25) is 0 Å². The molecule has 0 radical (unpaired) electrons. The standard InChI is InChI=1S/C12H14N2O2/c1-8(7-15)14-12-5-10(6-13)3-4-11(12)9(2)16/h3-5,8,14-15H,7H2,1-2H3. The summed E-state index contributed by atoms with van der Waals surface area (Å²) >= 11 is 0. The van der Waals surface area contributed by atoms with Gasteiger partial charge in [0.1, 0.15) is 0 Å². The Balaban J connectivity index is 3.11. The minimum Gasteiger partial charge on any atom is -0.394 e. The molecule has 0 aliphatic carbocycles. The summed E-state index contributed by atoms with van der Waals surface area (Å²) in [4.78, 5) is 11.4. The molecule has 1 aromatic rings. The van der Waals surface area contributed by atoms with Gasteiger partial charge in [0.05, 0.1) is 18.2 Å². The van der Waals surface area contributed by atoms with Crippen LogP contribution in [0.25, 0.3) is 0 Å². The minimum atomic E-state index is -0.160. The van der Waals surface area contributed by atoms with Crippen LogP contribution in [0.15, 0.2) is 18.2 Å². The van der Waals surface area contributed by atoms with E-state index in [2.05, 4.69) is 5.32 Å². The van der Waals surface area contributed by atoms with E-state index in [-0.39, 0.29) is 18.4 Å². The number of nitriles is 1. The van der Waals surface area contributed by atoms with E-state index < -0.39 is 0 Å². The summed E-state index contributed by atoms with van der Waals surface area (Å²) in [6, 6.07) is 6.69. The van der Waals surface area contributed by atoms with Crippen molar-refractivity contribution >= 4 is 11.5 Å². The van der Waals surface area contributed by atoms with Gasteiger partial charge in [0.15, 0.2) is 5.78 Å².